The number of thioether (sulfide) groups is 1. The van der Waals surface area contributed by atoms with Crippen LogP contribution in [0.5, 0.6) is 0 Å². The van der Waals surface area contributed by atoms with Gasteiger partial charge in [0.15, 0.2) is 0 Å². The van der Waals surface area contributed by atoms with Gasteiger partial charge in [-0.05, 0) is 36.8 Å². The standard InChI is InChI=1S/C15H21ClN2OS/c1-20-11-15(19)17-14-6-8-18(9-7-14)10-12-2-4-13(16)5-3-12/h2-5,14H,6-11H2,1H3,(H,17,19). The second-order valence-electron chi connectivity index (χ2n) is 5.18. The largest absolute Gasteiger partial charge is 0.353 e. The van der Waals surface area contributed by atoms with Crippen LogP contribution >= 0.6 is 23.4 Å². The van der Waals surface area contributed by atoms with Gasteiger partial charge in [-0.2, -0.15) is 11.8 Å². The lowest BCUT2D eigenvalue weighted by molar-refractivity contribution is -0.119. The van der Waals surface area contributed by atoms with Crippen molar-refractivity contribution in [3.63, 3.8) is 0 Å². The number of piperidine rings is 1. The van der Waals surface area contributed by atoms with Crippen molar-refractivity contribution in [1.82, 2.24) is 10.2 Å². The van der Waals surface area contributed by atoms with Crippen LogP contribution in [0.2, 0.25) is 5.02 Å². The number of carbonyl (C=O) groups is 1. The van der Waals surface area contributed by atoms with Crippen molar-refractivity contribution in [1.29, 1.82) is 0 Å². The highest BCUT2D eigenvalue weighted by molar-refractivity contribution is 7.99. The van der Waals surface area contributed by atoms with Gasteiger partial charge in [0.25, 0.3) is 0 Å². The summed E-state index contributed by atoms with van der Waals surface area (Å²) in [4.78, 5) is 14.0. The van der Waals surface area contributed by atoms with Crippen LogP contribution in [0.15, 0.2) is 24.3 Å². The molecule has 0 aromatic heterocycles. The number of rotatable bonds is 5. The van der Waals surface area contributed by atoms with Crippen molar-refractivity contribution in [2.45, 2.75) is 25.4 Å². The fraction of sp³-hybridized carbons (Fsp3) is 0.533. The summed E-state index contributed by atoms with van der Waals surface area (Å²) in [5, 5.41) is 3.89. The lowest BCUT2D eigenvalue weighted by Crippen LogP contribution is -2.44. The molecule has 0 bridgehead atoms. The number of nitrogens with one attached hydrogen (secondary N) is 1. The number of likely N-dealkylation sites (tertiary alicyclic amines) is 1. The highest BCUT2D eigenvalue weighted by Gasteiger charge is 2.20. The average molecular weight is 313 g/mol. The molecule has 110 valence electrons. The van der Waals surface area contributed by atoms with E-state index >= 15 is 0 Å². The molecule has 1 heterocycles. The highest BCUT2D eigenvalue weighted by Crippen LogP contribution is 2.16. The van der Waals surface area contributed by atoms with Gasteiger partial charge in [-0.3, -0.25) is 9.69 Å². The maximum atomic E-state index is 11.6. The van der Waals surface area contributed by atoms with Gasteiger partial charge < -0.3 is 5.32 Å². The molecule has 1 amide bonds. The zero-order chi connectivity index (χ0) is 14.4. The summed E-state index contributed by atoms with van der Waals surface area (Å²) in [6.45, 7) is 3.03. The van der Waals surface area contributed by atoms with Gasteiger partial charge in [-0.1, -0.05) is 23.7 Å². The van der Waals surface area contributed by atoms with Crippen molar-refractivity contribution < 1.29 is 4.79 Å². The second kappa shape index (κ2) is 7.91. The molecule has 0 saturated carbocycles. The molecule has 0 atom stereocenters. The van der Waals surface area contributed by atoms with Gasteiger partial charge in [0.05, 0.1) is 5.75 Å². The first-order valence-electron chi connectivity index (χ1n) is 6.92. The first-order chi connectivity index (χ1) is 9.67. The summed E-state index contributed by atoms with van der Waals surface area (Å²) >= 11 is 7.46. The predicted octanol–water partition coefficient (Wildman–Crippen LogP) is 2.78. The van der Waals surface area contributed by atoms with Gasteiger partial charge in [0, 0.05) is 30.7 Å². The van der Waals surface area contributed by atoms with Crippen molar-refractivity contribution in [2.24, 2.45) is 0 Å². The molecule has 0 spiro atoms. The smallest absolute Gasteiger partial charge is 0.230 e. The van der Waals surface area contributed by atoms with Gasteiger partial charge >= 0.3 is 0 Å². The monoisotopic (exact) mass is 312 g/mol. The Morgan fingerprint density at radius 1 is 1.35 bits per heavy atom. The zero-order valence-electron chi connectivity index (χ0n) is 11.8. The summed E-state index contributed by atoms with van der Waals surface area (Å²) in [5.74, 6) is 0.721. The molecule has 1 fully saturated rings. The maximum Gasteiger partial charge on any atom is 0.230 e. The molecule has 0 unspecified atom stereocenters. The van der Waals surface area contributed by atoms with Crippen LogP contribution in [0.3, 0.4) is 0 Å². The SMILES string of the molecule is CSCC(=O)NC1CCN(Cc2ccc(Cl)cc2)CC1. The first kappa shape index (κ1) is 15.7. The number of hydrogen-bond donors (Lipinski definition) is 1. The summed E-state index contributed by atoms with van der Waals surface area (Å²) < 4.78 is 0. The first-order valence-corrected chi connectivity index (χ1v) is 8.69. The molecule has 1 aromatic rings. The molecule has 1 saturated heterocycles. The van der Waals surface area contributed by atoms with Crippen molar-refractivity contribution in [3.05, 3.63) is 34.9 Å². The van der Waals surface area contributed by atoms with Crippen LogP contribution in [-0.2, 0) is 11.3 Å². The number of benzene rings is 1. The topological polar surface area (TPSA) is 32.3 Å². The summed E-state index contributed by atoms with van der Waals surface area (Å²) in [5.41, 5.74) is 1.29. The molecular weight excluding hydrogens is 292 g/mol. The fourth-order valence-corrected chi connectivity index (χ4v) is 2.96. The van der Waals surface area contributed by atoms with E-state index in [1.165, 1.54) is 5.56 Å². The van der Waals surface area contributed by atoms with E-state index in [2.05, 4.69) is 22.3 Å². The lowest BCUT2D eigenvalue weighted by atomic mass is 10.0. The second-order valence-corrected chi connectivity index (χ2v) is 6.48. The fourth-order valence-electron chi connectivity index (χ4n) is 2.48. The number of halogens is 1. The Bertz CT molecular complexity index is 430. The lowest BCUT2D eigenvalue weighted by Gasteiger charge is -2.32. The third-order valence-electron chi connectivity index (χ3n) is 3.55. The Balaban J connectivity index is 1.74. The predicted molar refractivity (Wildman–Crippen MR) is 86.3 cm³/mol. The Labute approximate surface area is 130 Å². The molecule has 1 aromatic carbocycles. The molecule has 20 heavy (non-hydrogen) atoms. The van der Waals surface area contributed by atoms with E-state index in [0.717, 1.165) is 37.5 Å². The zero-order valence-corrected chi connectivity index (χ0v) is 13.3. The third-order valence-corrected chi connectivity index (χ3v) is 4.35. The van der Waals surface area contributed by atoms with Gasteiger partial charge in [0.2, 0.25) is 5.91 Å². The van der Waals surface area contributed by atoms with Crippen molar-refractivity contribution in [2.75, 3.05) is 25.1 Å². The van der Waals surface area contributed by atoms with Crippen LogP contribution in [0.4, 0.5) is 0 Å². The van der Waals surface area contributed by atoms with E-state index in [1.54, 1.807) is 11.8 Å². The van der Waals surface area contributed by atoms with E-state index in [9.17, 15) is 4.79 Å². The van der Waals surface area contributed by atoms with Crippen LogP contribution < -0.4 is 5.32 Å². The number of carbonyl (C=O) groups excluding carboxylic acids is 1. The molecule has 0 radical (unpaired) electrons. The highest BCUT2D eigenvalue weighted by atomic mass is 35.5. The van der Waals surface area contributed by atoms with E-state index < -0.39 is 0 Å². The minimum Gasteiger partial charge on any atom is -0.353 e. The Kier molecular flexibility index (Phi) is 6.20. The summed E-state index contributed by atoms with van der Waals surface area (Å²) in [6.07, 6.45) is 4.02. The van der Waals surface area contributed by atoms with Gasteiger partial charge in [-0.25, -0.2) is 0 Å². The van der Waals surface area contributed by atoms with Gasteiger partial charge in [-0.15, -0.1) is 0 Å². The van der Waals surface area contributed by atoms with Crippen LogP contribution in [0.25, 0.3) is 0 Å². The summed E-state index contributed by atoms with van der Waals surface area (Å²) in [6, 6.07) is 8.37. The Hall–Kier alpha value is -0.710. The number of amides is 1. The summed E-state index contributed by atoms with van der Waals surface area (Å²) in [7, 11) is 0. The molecule has 5 heteroatoms. The van der Waals surface area contributed by atoms with E-state index in [0.29, 0.717) is 11.8 Å². The quantitative estimate of drug-likeness (QED) is 0.907. The van der Waals surface area contributed by atoms with Crippen molar-refractivity contribution >= 4 is 29.3 Å². The molecule has 3 nitrogen and oxygen atoms in total. The van der Waals surface area contributed by atoms with Crippen molar-refractivity contribution in [3.8, 4) is 0 Å². The number of hydrogen-bond acceptors (Lipinski definition) is 3. The van der Waals surface area contributed by atoms with Crippen LogP contribution in [-0.4, -0.2) is 41.9 Å². The normalized spacial score (nSPS) is 17.1. The molecular formula is C15H21ClN2OS. The molecule has 2 rings (SSSR count). The minimum atomic E-state index is 0.161. The minimum absolute atomic E-state index is 0.161. The van der Waals surface area contributed by atoms with E-state index in [-0.39, 0.29) is 5.91 Å². The number of nitrogens with zero attached hydrogens (tertiary/aromatic N) is 1. The van der Waals surface area contributed by atoms with Crippen LogP contribution in [0.1, 0.15) is 18.4 Å². The molecule has 1 N–H and O–H groups in total. The molecule has 1 aliphatic rings. The van der Waals surface area contributed by atoms with Crippen LogP contribution in [0, 0.1) is 0 Å². The van der Waals surface area contributed by atoms with Gasteiger partial charge in [0.1, 0.15) is 0 Å². The third kappa shape index (κ3) is 5.00. The average Bonchev–Trinajstić information content (AvgIpc) is 2.44. The Morgan fingerprint density at radius 2 is 2.00 bits per heavy atom. The van der Waals surface area contributed by atoms with E-state index in [4.69, 9.17) is 11.6 Å². The maximum absolute atomic E-state index is 11.6. The molecule has 0 aliphatic carbocycles. The molecule has 1 aliphatic heterocycles. The Morgan fingerprint density at radius 3 is 2.60 bits per heavy atom. The van der Waals surface area contributed by atoms with E-state index in [1.807, 2.05) is 18.4 Å².